The van der Waals surface area contributed by atoms with Crippen LogP contribution < -0.4 is 10.1 Å². The summed E-state index contributed by atoms with van der Waals surface area (Å²) in [5.41, 5.74) is 1.11. The molecule has 1 N–H and O–H groups in total. The van der Waals surface area contributed by atoms with Crippen LogP contribution in [0.5, 0.6) is 5.75 Å². The van der Waals surface area contributed by atoms with E-state index in [9.17, 15) is 9.59 Å². The molecule has 1 heterocycles. The zero-order valence-corrected chi connectivity index (χ0v) is 13.5. The van der Waals surface area contributed by atoms with Crippen molar-refractivity contribution in [1.29, 1.82) is 0 Å². The van der Waals surface area contributed by atoms with Gasteiger partial charge in [0, 0.05) is 26.2 Å². The van der Waals surface area contributed by atoms with E-state index < -0.39 is 5.97 Å². The van der Waals surface area contributed by atoms with Gasteiger partial charge in [-0.2, -0.15) is 0 Å². The lowest BCUT2D eigenvalue weighted by Crippen LogP contribution is -2.47. The van der Waals surface area contributed by atoms with E-state index in [-0.39, 0.29) is 6.09 Å². The second kappa shape index (κ2) is 6.91. The second-order valence-electron chi connectivity index (χ2n) is 4.65. The van der Waals surface area contributed by atoms with E-state index >= 15 is 0 Å². The molecule has 1 aliphatic rings. The average molecular weight is 357 g/mol. The van der Waals surface area contributed by atoms with Gasteiger partial charge in [-0.25, -0.2) is 9.59 Å². The number of nitrogens with one attached hydrogen (secondary N) is 1. The Morgan fingerprint density at radius 1 is 1.29 bits per heavy atom. The van der Waals surface area contributed by atoms with Crippen molar-refractivity contribution in [2.45, 2.75) is 6.92 Å². The summed E-state index contributed by atoms with van der Waals surface area (Å²) in [5, 5.41) is 3.17. The number of rotatable bonds is 2. The Balaban J connectivity index is 2.15. The van der Waals surface area contributed by atoms with E-state index in [2.05, 4.69) is 21.2 Å². The summed E-state index contributed by atoms with van der Waals surface area (Å²) in [6, 6.07) is 3.18. The van der Waals surface area contributed by atoms with Crippen LogP contribution in [0.25, 0.3) is 0 Å². The molecular weight excluding hydrogens is 340 g/mol. The van der Waals surface area contributed by atoms with Crippen LogP contribution >= 0.6 is 15.9 Å². The molecule has 1 aromatic carbocycles. The summed E-state index contributed by atoms with van der Waals surface area (Å²) in [6.45, 7) is 4.52. The maximum Gasteiger partial charge on any atom is 0.415 e. The van der Waals surface area contributed by atoms with Crippen LogP contribution in [0.15, 0.2) is 16.6 Å². The first-order valence-electron chi connectivity index (χ1n) is 6.59. The number of amides is 1. The third-order valence-corrected chi connectivity index (χ3v) is 4.31. The lowest BCUT2D eigenvalue weighted by Gasteiger charge is -2.26. The van der Waals surface area contributed by atoms with Gasteiger partial charge in [0.15, 0.2) is 0 Å². The number of hydrogen-bond donors (Lipinski definition) is 1. The maximum absolute atomic E-state index is 12.1. The van der Waals surface area contributed by atoms with Crippen LogP contribution in [0.2, 0.25) is 0 Å². The first-order chi connectivity index (χ1) is 10.0. The maximum atomic E-state index is 12.1. The van der Waals surface area contributed by atoms with Crippen molar-refractivity contribution in [3.05, 3.63) is 27.7 Å². The summed E-state index contributed by atoms with van der Waals surface area (Å²) >= 11 is 3.37. The fourth-order valence-electron chi connectivity index (χ4n) is 2.08. The zero-order chi connectivity index (χ0) is 15.4. The van der Waals surface area contributed by atoms with Crippen molar-refractivity contribution < 1.29 is 19.1 Å². The van der Waals surface area contributed by atoms with E-state index in [4.69, 9.17) is 9.47 Å². The highest BCUT2D eigenvalue weighted by Gasteiger charge is 2.21. The summed E-state index contributed by atoms with van der Waals surface area (Å²) in [5.74, 6) is -0.0307. The van der Waals surface area contributed by atoms with Crippen LogP contribution in [0.4, 0.5) is 4.79 Å². The molecule has 1 saturated heterocycles. The van der Waals surface area contributed by atoms with Gasteiger partial charge in [0.25, 0.3) is 0 Å². The van der Waals surface area contributed by atoms with Gasteiger partial charge in [0.05, 0.1) is 17.1 Å². The molecule has 0 saturated carbocycles. The molecule has 6 nitrogen and oxygen atoms in total. The monoisotopic (exact) mass is 356 g/mol. The number of hydrogen-bond acceptors (Lipinski definition) is 5. The smallest absolute Gasteiger partial charge is 0.415 e. The van der Waals surface area contributed by atoms with E-state index in [1.54, 1.807) is 24.0 Å². The molecule has 0 unspecified atom stereocenters. The highest BCUT2D eigenvalue weighted by Crippen LogP contribution is 2.31. The van der Waals surface area contributed by atoms with Crippen LogP contribution in [0.3, 0.4) is 0 Å². The zero-order valence-electron chi connectivity index (χ0n) is 11.9. The molecule has 1 aromatic rings. The molecule has 0 spiro atoms. The average Bonchev–Trinajstić information content (AvgIpc) is 2.52. The van der Waals surface area contributed by atoms with Gasteiger partial charge in [0.2, 0.25) is 0 Å². The molecule has 0 aliphatic carbocycles. The second-order valence-corrected chi connectivity index (χ2v) is 5.44. The summed E-state index contributed by atoms with van der Waals surface area (Å²) in [6.07, 6.45) is -0.387. The summed E-state index contributed by atoms with van der Waals surface area (Å²) in [7, 11) is 1.33. The molecule has 0 radical (unpaired) electrons. The first-order valence-corrected chi connectivity index (χ1v) is 7.38. The molecule has 1 fully saturated rings. The van der Waals surface area contributed by atoms with E-state index in [1.165, 1.54) is 7.11 Å². The highest BCUT2D eigenvalue weighted by molar-refractivity contribution is 9.10. The standard InChI is InChI=1S/C14H17BrN2O4/c1-9-10(13(18)20-2)3-4-11(12(9)15)21-14(19)17-7-5-16-6-8-17/h3-4,16H,5-8H2,1-2H3. The van der Waals surface area contributed by atoms with Gasteiger partial charge in [-0.05, 0) is 40.5 Å². The van der Waals surface area contributed by atoms with Crippen LogP contribution in [0, 0.1) is 6.92 Å². The van der Waals surface area contributed by atoms with Crippen molar-refractivity contribution in [3.8, 4) is 5.75 Å². The molecule has 114 valence electrons. The van der Waals surface area contributed by atoms with Gasteiger partial charge >= 0.3 is 12.1 Å². The lowest BCUT2D eigenvalue weighted by atomic mass is 10.1. The number of carbonyl (C=O) groups excluding carboxylic acids is 2. The van der Waals surface area contributed by atoms with Crippen molar-refractivity contribution in [1.82, 2.24) is 10.2 Å². The molecule has 2 rings (SSSR count). The Bertz CT molecular complexity index is 556. The molecule has 21 heavy (non-hydrogen) atoms. The third kappa shape index (κ3) is 3.54. The van der Waals surface area contributed by atoms with Crippen LogP contribution in [0.1, 0.15) is 15.9 Å². The van der Waals surface area contributed by atoms with Crippen molar-refractivity contribution in [3.63, 3.8) is 0 Å². The molecule has 0 aromatic heterocycles. The van der Waals surface area contributed by atoms with Gasteiger partial charge in [-0.3, -0.25) is 0 Å². The molecular formula is C14H17BrN2O4. The van der Waals surface area contributed by atoms with E-state index in [0.29, 0.717) is 34.4 Å². The van der Waals surface area contributed by atoms with Crippen molar-refractivity contribution in [2.24, 2.45) is 0 Å². The number of nitrogens with zero attached hydrogens (tertiary/aromatic N) is 1. The number of ether oxygens (including phenoxy) is 2. The number of halogens is 1. The predicted molar refractivity (Wildman–Crippen MR) is 80.7 cm³/mol. The number of piperazine rings is 1. The number of benzene rings is 1. The van der Waals surface area contributed by atoms with E-state index in [0.717, 1.165) is 13.1 Å². The Hall–Kier alpha value is -1.60. The molecule has 0 bridgehead atoms. The van der Waals surface area contributed by atoms with Crippen LogP contribution in [-0.2, 0) is 4.74 Å². The van der Waals surface area contributed by atoms with E-state index in [1.807, 2.05) is 0 Å². The number of methoxy groups -OCH3 is 1. The van der Waals surface area contributed by atoms with Gasteiger partial charge in [0.1, 0.15) is 5.75 Å². The Morgan fingerprint density at radius 3 is 2.57 bits per heavy atom. The van der Waals surface area contributed by atoms with Crippen molar-refractivity contribution in [2.75, 3.05) is 33.3 Å². The lowest BCUT2D eigenvalue weighted by molar-refractivity contribution is 0.0600. The predicted octanol–water partition coefficient (Wildman–Crippen LogP) is 1.95. The highest BCUT2D eigenvalue weighted by atomic mass is 79.9. The molecule has 7 heteroatoms. The Kier molecular flexibility index (Phi) is 5.19. The van der Waals surface area contributed by atoms with Gasteiger partial charge in [-0.15, -0.1) is 0 Å². The minimum Gasteiger partial charge on any atom is -0.465 e. The number of esters is 1. The first kappa shape index (κ1) is 15.8. The van der Waals surface area contributed by atoms with Gasteiger partial charge < -0.3 is 19.7 Å². The quantitative estimate of drug-likeness (QED) is 0.820. The Labute approximate surface area is 131 Å². The molecule has 0 atom stereocenters. The summed E-state index contributed by atoms with van der Waals surface area (Å²) in [4.78, 5) is 25.3. The minimum atomic E-state index is -0.423. The Morgan fingerprint density at radius 2 is 1.95 bits per heavy atom. The summed E-state index contributed by atoms with van der Waals surface area (Å²) < 4.78 is 10.7. The third-order valence-electron chi connectivity index (χ3n) is 3.33. The SMILES string of the molecule is COC(=O)c1ccc(OC(=O)N2CCNCC2)c(Br)c1C. The topological polar surface area (TPSA) is 67.9 Å². The number of carbonyl (C=O) groups is 2. The molecule has 1 amide bonds. The molecule has 1 aliphatic heterocycles. The van der Waals surface area contributed by atoms with Gasteiger partial charge in [-0.1, -0.05) is 0 Å². The fourth-order valence-corrected chi connectivity index (χ4v) is 2.50. The largest absolute Gasteiger partial charge is 0.465 e. The normalized spacial score (nSPS) is 14.7. The minimum absolute atomic E-state index is 0.387. The fraction of sp³-hybridized carbons (Fsp3) is 0.429. The van der Waals surface area contributed by atoms with Crippen molar-refractivity contribution >= 4 is 28.0 Å². The van der Waals surface area contributed by atoms with Crippen LogP contribution in [-0.4, -0.2) is 50.3 Å².